The van der Waals surface area contributed by atoms with E-state index in [9.17, 15) is 9.59 Å². The highest BCUT2D eigenvalue weighted by atomic mass is 16.5. The van der Waals surface area contributed by atoms with Gasteiger partial charge in [-0.25, -0.2) is 0 Å². The molecule has 0 aromatic carbocycles. The van der Waals surface area contributed by atoms with Crippen LogP contribution in [0.2, 0.25) is 0 Å². The molecule has 0 aliphatic heterocycles. The van der Waals surface area contributed by atoms with Crippen LogP contribution < -0.4 is 0 Å². The average Bonchev–Trinajstić information content (AvgIpc) is 2.29. The summed E-state index contributed by atoms with van der Waals surface area (Å²) in [5.74, 6) is -0.311. The van der Waals surface area contributed by atoms with E-state index in [0.29, 0.717) is 26.1 Å². The first-order valence-electron chi connectivity index (χ1n) is 6.58. The first kappa shape index (κ1) is 16.7. The minimum Gasteiger partial charge on any atom is -0.466 e. The maximum absolute atomic E-state index is 11.1. The molecule has 104 valence electrons. The Labute approximate surface area is 109 Å². The zero-order valence-electron chi connectivity index (χ0n) is 11.5. The van der Waals surface area contributed by atoms with Gasteiger partial charge < -0.3 is 9.47 Å². The van der Waals surface area contributed by atoms with E-state index < -0.39 is 0 Å². The van der Waals surface area contributed by atoms with Crippen molar-refractivity contribution < 1.29 is 19.1 Å². The molecule has 4 nitrogen and oxygen atoms in total. The summed E-state index contributed by atoms with van der Waals surface area (Å²) in [6.45, 7) is 8.39. The zero-order valence-corrected chi connectivity index (χ0v) is 11.5. The maximum atomic E-state index is 11.1. The molecular weight excluding hydrogens is 232 g/mol. The van der Waals surface area contributed by atoms with Gasteiger partial charge >= 0.3 is 11.9 Å². The third-order valence-electron chi connectivity index (χ3n) is 2.43. The number of allylic oxidation sites excluding steroid dienone is 1. The van der Waals surface area contributed by atoms with Gasteiger partial charge in [0.25, 0.3) is 0 Å². The van der Waals surface area contributed by atoms with Gasteiger partial charge in [0.15, 0.2) is 0 Å². The van der Waals surface area contributed by atoms with E-state index >= 15 is 0 Å². The van der Waals surface area contributed by atoms with Gasteiger partial charge in [0.2, 0.25) is 0 Å². The molecule has 0 atom stereocenters. The summed E-state index contributed by atoms with van der Waals surface area (Å²) in [5.41, 5.74) is 1.07. The lowest BCUT2D eigenvalue weighted by Crippen LogP contribution is -2.04. The van der Waals surface area contributed by atoms with Crippen molar-refractivity contribution in [1.82, 2.24) is 0 Å². The first-order valence-corrected chi connectivity index (χ1v) is 6.58. The highest BCUT2D eigenvalue weighted by Crippen LogP contribution is 2.13. The molecule has 0 heterocycles. The fourth-order valence-electron chi connectivity index (χ4n) is 1.56. The summed E-state index contributed by atoms with van der Waals surface area (Å²) in [6, 6.07) is 0. The lowest BCUT2D eigenvalue weighted by Gasteiger charge is -2.05. The van der Waals surface area contributed by atoms with Gasteiger partial charge in [-0.3, -0.25) is 9.59 Å². The molecule has 0 rings (SSSR count). The fraction of sp³-hybridized carbons (Fsp3) is 0.714. The third kappa shape index (κ3) is 9.87. The van der Waals surface area contributed by atoms with E-state index in [1.807, 2.05) is 0 Å². The van der Waals surface area contributed by atoms with Crippen molar-refractivity contribution in [3.8, 4) is 0 Å². The van der Waals surface area contributed by atoms with Crippen molar-refractivity contribution in [3.05, 3.63) is 12.2 Å². The smallest absolute Gasteiger partial charge is 0.305 e. The van der Waals surface area contributed by atoms with Gasteiger partial charge in [0.05, 0.1) is 13.2 Å². The van der Waals surface area contributed by atoms with E-state index in [-0.39, 0.29) is 11.9 Å². The predicted molar refractivity (Wildman–Crippen MR) is 70.1 cm³/mol. The van der Waals surface area contributed by atoms with Crippen LogP contribution in [0.1, 0.15) is 52.4 Å². The normalized spacial score (nSPS) is 9.89. The minimum atomic E-state index is -0.156. The van der Waals surface area contributed by atoms with Crippen LogP contribution in [0.5, 0.6) is 0 Å². The van der Waals surface area contributed by atoms with Crippen LogP contribution in [-0.2, 0) is 19.1 Å². The lowest BCUT2D eigenvalue weighted by atomic mass is 10.0. The van der Waals surface area contributed by atoms with E-state index in [1.54, 1.807) is 13.8 Å². The summed E-state index contributed by atoms with van der Waals surface area (Å²) in [7, 11) is 0. The van der Waals surface area contributed by atoms with Crippen LogP contribution in [0.3, 0.4) is 0 Å². The number of carbonyl (C=O) groups excluding carboxylic acids is 2. The van der Waals surface area contributed by atoms with Crippen molar-refractivity contribution in [2.75, 3.05) is 13.2 Å². The van der Waals surface area contributed by atoms with Crippen LogP contribution in [0, 0.1) is 0 Å². The molecule has 0 amide bonds. The van der Waals surface area contributed by atoms with Gasteiger partial charge in [0, 0.05) is 12.8 Å². The van der Waals surface area contributed by atoms with E-state index in [4.69, 9.17) is 9.47 Å². The second-order valence-corrected chi connectivity index (χ2v) is 4.07. The summed E-state index contributed by atoms with van der Waals surface area (Å²) >= 11 is 0. The topological polar surface area (TPSA) is 52.6 Å². The molecule has 0 spiro atoms. The molecule has 0 saturated heterocycles. The number of esters is 2. The highest BCUT2D eigenvalue weighted by molar-refractivity contribution is 5.69. The molecule has 0 unspecified atom stereocenters. The van der Waals surface area contributed by atoms with Gasteiger partial charge in [-0.15, -0.1) is 0 Å². The van der Waals surface area contributed by atoms with Gasteiger partial charge in [-0.1, -0.05) is 12.2 Å². The van der Waals surface area contributed by atoms with Crippen LogP contribution >= 0.6 is 0 Å². The summed E-state index contributed by atoms with van der Waals surface area (Å²) < 4.78 is 9.67. The molecule has 0 aromatic rings. The van der Waals surface area contributed by atoms with Gasteiger partial charge in [0.1, 0.15) is 0 Å². The van der Waals surface area contributed by atoms with E-state index in [0.717, 1.165) is 31.3 Å². The second kappa shape index (κ2) is 10.8. The van der Waals surface area contributed by atoms with Gasteiger partial charge in [-0.2, -0.15) is 0 Å². The molecule has 0 saturated carbocycles. The Balaban J connectivity index is 3.48. The van der Waals surface area contributed by atoms with Crippen molar-refractivity contribution in [2.24, 2.45) is 0 Å². The molecule has 4 heteroatoms. The Bertz CT molecular complexity index is 245. The molecule has 0 fully saturated rings. The zero-order chi connectivity index (χ0) is 13.8. The SMILES string of the molecule is C=C(CCCC(=O)OCC)CCCC(=O)OCC. The monoisotopic (exact) mass is 256 g/mol. The van der Waals surface area contributed by atoms with Crippen LogP contribution in [0.15, 0.2) is 12.2 Å². The molecule has 0 aromatic heterocycles. The standard InChI is InChI=1S/C14H24O4/c1-4-17-13(15)10-6-8-12(3)9-7-11-14(16)18-5-2/h3-11H2,1-2H3. The van der Waals surface area contributed by atoms with Gasteiger partial charge in [-0.05, 0) is 39.5 Å². The Hall–Kier alpha value is -1.32. The predicted octanol–water partition coefficient (Wildman–Crippen LogP) is 3.01. The van der Waals surface area contributed by atoms with Crippen LogP contribution in [-0.4, -0.2) is 25.2 Å². The van der Waals surface area contributed by atoms with E-state index in [1.165, 1.54) is 0 Å². The first-order chi connectivity index (χ1) is 8.60. The Morgan fingerprint density at radius 2 is 1.22 bits per heavy atom. The maximum Gasteiger partial charge on any atom is 0.305 e. The molecule has 0 N–H and O–H groups in total. The number of hydrogen-bond acceptors (Lipinski definition) is 4. The quantitative estimate of drug-likeness (QED) is 0.445. The lowest BCUT2D eigenvalue weighted by molar-refractivity contribution is -0.144. The molecule has 0 aliphatic carbocycles. The van der Waals surface area contributed by atoms with E-state index in [2.05, 4.69) is 6.58 Å². The summed E-state index contributed by atoms with van der Waals surface area (Å²) in [5, 5.41) is 0. The largest absolute Gasteiger partial charge is 0.466 e. The third-order valence-corrected chi connectivity index (χ3v) is 2.43. The van der Waals surface area contributed by atoms with Crippen molar-refractivity contribution in [1.29, 1.82) is 0 Å². The number of ether oxygens (including phenoxy) is 2. The second-order valence-electron chi connectivity index (χ2n) is 4.07. The Kier molecular flexibility index (Phi) is 10.0. The molecular formula is C14H24O4. The Morgan fingerprint density at radius 1 is 0.833 bits per heavy atom. The van der Waals surface area contributed by atoms with Crippen molar-refractivity contribution >= 4 is 11.9 Å². The fourth-order valence-corrected chi connectivity index (χ4v) is 1.56. The van der Waals surface area contributed by atoms with Crippen molar-refractivity contribution in [3.63, 3.8) is 0 Å². The highest BCUT2D eigenvalue weighted by Gasteiger charge is 2.04. The van der Waals surface area contributed by atoms with Crippen molar-refractivity contribution in [2.45, 2.75) is 52.4 Å². The summed E-state index contributed by atoms with van der Waals surface area (Å²) in [6.07, 6.45) is 4.01. The number of carbonyl (C=O) groups is 2. The molecule has 0 aliphatic rings. The minimum absolute atomic E-state index is 0.156. The summed E-state index contributed by atoms with van der Waals surface area (Å²) in [4.78, 5) is 22.2. The Morgan fingerprint density at radius 3 is 1.56 bits per heavy atom. The molecule has 0 bridgehead atoms. The van der Waals surface area contributed by atoms with Crippen LogP contribution in [0.25, 0.3) is 0 Å². The van der Waals surface area contributed by atoms with Crippen LogP contribution in [0.4, 0.5) is 0 Å². The molecule has 0 radical (unpaired) electrons. The number of hydrogen-bond donors (Lipinski definition) is 0. The average molecular weight is 256 g/mol. The number of rotatable bonds is 10. The molecule has 18 heavy (non-hydrogen) atoms.